The fourth-order valence-electron chi connectivity index (χ4n) is 5.64. The van der Waals surface area contributed by atoms with Gasteiger partial charge in [0, 0.05) is 0 Å². The lowest BCUT2D eigenvalue weighted by Crippen LogP contribution is -2.18. The number of benzene rings is 4. The Morgan fingerprint density at radius 3 is 1.23 bits per heavy atom. The maximum atomic E-state index is 14.0. The zero-order valence-electron chi connectivity index (χ0n) is 36.8. The molecule has 4 aromatic carbocycles. The van der Waals surface area contributed by atoms with Crippen LogP contribution in [0.4, 0.5) is 0 Å². The summed E-state index contributed by atoms with van der Waals surface area (Å²) in [7, 11) is -9.72. The lowest BCUT2D eigenvalue weighted by atomic mass is 9.78. The van der Waals surface area contributed by atoms with Crippen molar-refractivity contribution in [3.8, 4) is 17.2 Å². The van der Waals surface area contributed by atoms with Gasteiger partial charge in [-0.15, -0.1) is 0 Å². The van der Waals surface area contributed by atoms with E-state index in [1.165, 1.54) is 0 Å². The van der Waals surface area contributed by atoms with Crippen LogP contribution in [0.5, 0.6) is 17.2 Å². The minimum absolute atomic E-state index is 0.0655. The Morgan fingerprint density at radius 2 is 0.883 bits per heavy atom. The average Bonchev–Trinajstić information content (AvgIpc) is 3.16. The van der Waals surface area contributed by atoms with Crippen molar-refractivity contribution >= 4 is 28.8 Å². The van der Waals surface area contributed by atoms with E-state index in [1.54, 1.807) is 38.1 Å². The van der Waals surface area contributed by atoms with Crippen LogP contribution in [0.15, 0.2) is 103 Å². The van der Waals surface area contributed by atoms with Gasteiger partial charge in [0.2, 0.25) is 0 Å². The Kier molecular flexibility index (Phi) is 21.5. The molecule has 332 valence electrons. The number of carboxylic acids is 1. The normalized spacial score (nSPS) is 12.0. The molecule has 0 unspecified atom stereocenters. The Bertz CT molecular complexity index is 1910. The third kappa shape index (κ3) is 18.9. The van der Waals surface area contributed by atoms with Crippen molar-refractivity contribution in [1.82, 2.24) is 0 Å². The molecule has 4 rings (SSSR count). The predicted molar refractivity (Wildman–Crippen MR) is 240 cm³/mol. The average molecular weight is 891 g/mol. The number of para-hydroxylation sites is 2. The third-order valence-electron chi connectivity index (χ3n) is 8.26. The zero-order valence-corrected chi connectivity index (χ0v) is 39.5. The molecule has 0 spiro atoms. The summed E-state index contributed by atoms with van der Waals surface area (Å²) < 4.78 is 69.9. The van der Waals surface area contributed by atoms with Crippen LogP contribution in [0.2, 0.25) is 0 Å². The number of rotatable bonds is 19. The largest absolute Gasteiger partial charge is 0.507 e. The Morgan fingerprint density at radius 1 is 0.533 bits per heavy atom. The molecule has 0 atom stereocenters. The molecule has 0 saturated heterocycles. The molecule has 0 radical (unpaired) electrons. The van der Waals surface area contributed by atoms with Gasteiger partial charge in [0.25, 0.3) is 0 Å². The Balaban J connectivity index is 0.000000367. The summed E-state index contributed by atoms with van der Waals surface area (Å²) in [5.74, 6) is 0.256. The molecule has 0 saturated carbocycles. The van der Waals surface area contributed by atoms with E-state index in [0.29, 0.717) is 30.9 Å². The SMILES string of the molecule is CC(C)(C)c1cc(CP(=O)(Oc2ccccc2)Oc2ccccc2)cc(C(C)(C)C)c1O.CCOP(=O)(CCC(=O)O)OCC.CCOP(=O)(Cc1ccccc1)OCC. The van der Waals surface area contributed by atoms with Crippen LogP contribution >= 0.6 is 22.8 Å². The van der Waals surface area contributed by atoms with Gasteiger partial charge in [0.1, 0.15) is 17.2 Å². The molecule has 0 aliphatic rings. The van der Waals surface area contributed by atoms with E-state index in [2.05, 4.69) is 41.5 Å². The topological polar surface area (TPSA) is 164 Å². The van der Waals surface area contributed by atoms with Crippen LogP contribution in [0.25, 0.3) is 0 Å². The summed E-state index contributed by atoms with van der Waals surface area (Å²) in [6.45, 7) is 20.7. The standard InChI is InChI=1S/C27H33O4P.C11H17O3P.C7H15O5P/c1-26(2,3)23-17-20(18-24(25(23)28)27(4,5)6)19-32(29,30-21-13-9-7-10-14-21)31-22-15-11-8-12-16-22;1-3-13-15(12,14-4-2)10-11-8-6-5-7-9-11;1-3-11-13(10,12-4-2)6-5-7(8)9/h7-18,28H,19H2,1-6H3;5-9H,3-4,10H2,1-2H3;3-6H2,1-2H3,(H,8,9). The summed E-state index contributed by atoms with van der Waals surface area (Å²) >= 11 is 0. The number of phenolic OH excluding ortho intramolecular Hbond substituents is 1. The molecule has 0 aromatic heterocycles. The predicted octanol–water partition coefficient (Wildman–Crippen LogP) is 13.0. The second kappa shape index (κ2) is 24.7. The quantitative estimate of drug-likeness (QED) is 0.0858. The fraction of sp³-hybridized carbons (Fsp3) is 0.444. The molecular weight excluding hydrogens is 825 g/mol. The zero-order chi connectivity index (χ0) is 45.0. The molecule has 12 nitrogen and oxygen atoms in total. The second-order valence-electron chi connectivity index (χ2n) is 15.5. The van der Waals surface area contributed by atoms with Gasteiger partial charge in [-0.1, -0.05) is 120 Å². The second-order valence-corrected chi connectivity index (χ2v) is 21.7. The van der Waals surface area contributed by atoms with Crippen LogP contribution in [0, 0.1) is 0 Å². The molecule has 0 amide bonds. The number of carbonyl (C=O) groups is 1. The summed E-state index contributed by atoms with van der Waals surface area (Å²) in [5, 5.41) is 19.4. The van der Waals surface area contributed by atoms with Crippen LogP contribution in [0.3, 0.4) is 0 Å². The summed E-state index contributed by atoms with van der Waals surface area (Å²) in [6, 6.07) is 31.6. The summed E-state index contributed by atoms with van der Waals surface area (Å²) in [4.78, 5) is 10.2. The van der Waals surface area contributed by atoms with Crippen molar-refractivity contribution in [2.75, 3.05) is 32.6 Å². The third-order valence-corrected chi connectivity index (χ3v) is 14.1. The van der Waals surface area contributed by atoms with Gasteiger partial charge in [0.05, 0.1) is 51.3 Å². The summed E-state index contributed by atoms with van der Waals surface area (Å²) in [5.41, 5.74) is 2.82. The minimum atomic E-state index is -3.63. The molecule has 4 aromatic rings. The maximum absolute atomic E-state index is 14.0. The van der Waals surface area contributed by atoms with Crippen LogP contribution in [0.1, 0.15) is 97.9 Å². The van der Waals surface area contributed by atoms with Crippen molar-refractivity contribution in [2.24, 2.45) is 0 Å². The van der Waals surface area contributed by atoms with Crippen molar-refractivity contribution in [3.63, 3.8) is 0 Å². The Labute approximate surface area is 357 Å². The van der Waals surface area contributed by atoms with Crippen molar-refractivity contribution in [2.45, 2.75) is 98.8 Å². The minimum Gasteiger partial charge on any atom is -0.507 e. The van der Waals surface area contributed by atoms with E-state index in [0.717, 1.165) is 22.3 Å². The van der Waals surface area contributed by atoms with E-state index in [-0.39, 0.29) is 48.5 Å². The molecule has 0 heterocycles. The highest BCUT2D eigenvalue weighted by atomic mass is 31.2. The lowest BCUT2D eigenvalue weighted by Gasteiger charge is -2.29. The van der Waals surface area contributed by atoms with Gasteiger partial charge < -0.3 is 37.4 Å². The Hall–Kier alpha value is -3.72. The first-order valence-corrected chi connectivity index (χ1v) is 25.3. The number of phenols is 1. The molecule has 15 heteroatoms. The van der Waals surface area contributed by atoms with Gasteiger partial charge in [-0.3, -0.25) is 13.9 Å². The van der Waals surface area contributed by atoms with Crippen LogP contribution in [-0.2, 0) is 59.7 Å². The molecule has 0 fully saturated rings. The van der Waals surface area contributed by atoms with Gasteiger partial charge >= 0.3 is 28.8 Å². The highest BCUT2D eigenvalue weighted by molar-refractivity contribution is 7.54. The van der Waals surface area contributed by atoms with Crippen LogP contribution < -0.4 is 9.05 Å². The van der Waals surface area contributed by atoms with Gasteiger partial charge in [0.15, 0.2) is 0 Å². The number of aliphatic carboxylic acids is 1. The summed E-state index contributed by atoms with van der Waals surface area (Å²) in [6.07, 6.45) is 0.153. The number of carboxylic acid groups (broad SMARTS) is 1. The monoisotopic (exact) mass is 890 g/mol. The van der Waals surface area contributed by atoms with Gasteiger partial charge in [-0.25, -0.2) is 4.57 Å². The molecule has 2 N–H and O–H groups in total. The molecule has 60 heavy (non-hydrogen) atoms. The van der Waals surface area contributed by atoms with E-state index < -0.39 is 28.8 Å². The number of hydrogen-bond acceptors (Lipinski definition) is 11. The smallest absolute Gasteiger partial charge is 0.435 e. The van der Waals surface area contributed by atoms with Crippen molar-refractivity contribution < 1.29 is 55.8 Å². The van der Waals surface area contributed by atoms with E-state index in [4.69, 9.17) is 32.2 Å². The highest BCUT2D eigenvalue weighted by Crippen LogP contribution is 2.53. The first kappa shape index (κ1) is 52.4. The number of hydrogen-bond donors (Lipinski definition) is 2. The van der Waals surface area contributed by atoms with Crippen LogP contribution in [-0.4, -0.2) is 48.8 Å². The number of aromatic hydroxyl groups is 1. The first-order chi connectivity index (χ1) is 28.1. The molecule has 0 aliphatic heterocycles. The highest BCUT2D eigenvalue weighted by Gasteiger charge is 2.33. The van der Waals surface area contributed by atoms with Crippen molar-refractivity contribution in [3.05, 3.63) is 125 Å². The van der Waals surface area contributed by atoms with E-state index in [1.807, 2.05) is 92.7 Å². The first-order valence-electron chi connectivity index (χ1n) is 20.1. The fourth-order valence-corrected chi connectivity index (χ4v) is 10.6. The molecule has 0 bridgehead atoms. The van der Waals surface area contributed by atoms with Gasteiger partial charge in [-0.2, -0.15) is 0 Å². The molecular formula is C45H65O12P3. The van der Waals surface area contributed by atoms with E-state index in [9.17, 15) is 23.6 Å². The van der Waals surface area contributed by atoms with E-state index >= 15 is 0 Å². The maximum Gasteiger partial charge on any atom is 0.435 e. The van der Waals surface area contributed by atoms with Crippen molar-refractivity contribution in [1.29, 1.82) is 0 Å². The van der Waals surface area contributed by atoms with Gasteiger partial charge in [-0.05, 0) is 85.0 Å². The lowest BCUT2D eigenvalue weighted by molar-refractivity contribution is -0.136. The molecule has 0 aliphatic carbocycles.